The number of amides is 2. The molecule has 1 heterocycles. The van der Waals surface area contributed by atoms with E-state index in [1.807, 2.05) is 38.1 Å². The van der Waals surface area contributed by atoms with Crippen molar-refractivity contribution in [2.24, 2.45) is 0 Å². The first-order chi connectivity index (χ1) is 14.4. The van der Waals surface area contributed by atoms with Gasteiger partial charge in [0, 0.05) is 17.8 Å². The van der Waals surface area contributed by atoms with E-state index in [9.17, 15) is 9.59 Å². The van der Waals surface area contributed by atoms with Crippen molar-refractivity contribution in [3.63, 3.8) is 0 Å². The minimum absolute atomic E-state index is 0.140. The summed E-state index contributed by atoms with van der Waals surface area (Å²) in [4.78, 5) is 26.9. The summed E-state index contributed by atoms with van der Waals surface area (Å²) in [5.74, 6) is 0.421. The Morgan fingerprint density at radius 1 is 1.23 bits per heavy atom. The molecule has 3 rings (SSSR count). The quantitative estimate of drug-likeness (QED) is 0.511. The summed E-state index contributed by atoms with van der Waals surface area (Å²) in [6.07, 6.45) is 1.71. The monoisotopic (exact) mass is 442 g/mol. The van der Waals surface area contributed by atoms with Crippen LogP contribution in [0.25, 0.3) is 6.08 Å². The molecule has 0 bridgehead atoms. The Bertz CT molecular complexity index is 1000. The van der Waals surface area contributed by atoms with Crippen LogP contribution in [0.2, 0.25) is 0 Å². The number of thiocarbonyl (C=S) groups is 1. The number of hydrogen-bond donors (Lipinski definition) is 1. The van der Waals surface area contributed by atoms with Gasteiger partial charge < -0.3 is 14.8 Å². The summed E-state index contributed by atoms with van der Waals surface area (Å²) in [6, 6.07) is 12.8. The van der Waals surface area contributed by atoms with Crippen molar-refractivity contribution in [3.8, 4) is 11.5 Å². The largest absolute Gasteiger partial charge is 0.493 e. The third kappa shape index (κ3) is 5.01. The Labute approximate surface area is 185 Å². The Morgan fingerprint density at radius 3 is 2.60 bits per heavy atom. The molecule has 0 unspecified atom stereocenters. The summed E-state index contributed by atoms with van der Waals surface area (Å²) < 4.78 is 11.7. The fraction of sp³-hybridized carbons (Fsp3) is 0.227. The summed E-state index contributed by atoms with van der Waals surface area (Å²) in [7, 11) is 1.52. The van der Waals surface area contributed by atoms with Gasteiger partial charge in [0.15, 0.2) is 18.1 Å². The molecule has 6 nitrogen and oxygen atoms in total. The molecular formula is C22H22N2O4S2. The number of para-hydroxylation sites is 1. The highest BCUT2D eigenvalue weighted by Crippen LogP contribution is 2.37. The molecule has 30 heavy (non-hydrogen) atoms. The number of thioether (sulfide) groups is 1. The number of rotatable bonds is 7. The summed E-state index contributed by atoms with van der Waals surface area (Å²) >= 11 is 6.51. The molecule has 0 spiro atoms. The highest BCUT2D eigenvalue weighted by Gasteiger charge is 2.31. The van der Waals surface area contributed by atoms with E-state index in [2.05, 4.69) is 5.32 Å². The molecule has 0 aromatic heterocycles. The fourth-order valence-electron chi connectivity index (χ4n) is 2.85. The van der Waals surface area contributed by atoms with Crippen molar-refractivity contribution in [1.29, 1.82) is 0 Å². The smallest absolute Gasteiger partial charge is 0.266 e. The number of carbonyl (C=O) groups excluding carboxylic acids is 2. The van der Waals surface area contributed by atoms with Crippen LogP contribution >= 0.6 is 24.0 Å². The molecule has 2 amide bonds. The van der Waals surface area contributed by atoms with Gasteiger partial charge in [0.25, 0.3) is 11.8 Å². The van der Waals surface area contributed by atoms with Gasteiger partial charge in [-0.25, -0.2) is 0 Å². The van der Waals surface area contributed by atoms with Crippen LogP contribution in [-0.4, -0.2) is 41.3 Å². The molecule has 0 saturated carbocycles. The maximum atomic E-state index is 12.5. The van der Waals surface area contributed by atoms with Crippen LogP contribution in [0, 0.1) is 6.92 Å². The zero-order chi connectivity index (χ0) is 21.7. The molecule has 2 aromatic rings. The molecule has 1 aliphatic heterocycles. The van der Waals surface area contributed by atoms with Crippen molar-refractivity contribution in [3.05, 3.63) is 58.5 Å². The minimum atomic E-state index is -0.298. The van der Waals surface area contributed by atoms with Gasteiger partial charge in [-0.2, -0.15) is 0 Å². The van der Waals surface area contributed by atoms with E-state index in [-0.39, 0.29) is 18.4 Å². The number of carbonyl (C=O) groups is 2. The average Bonchev–Trinajstić information content (AvgIpc) is 3.00. The number of ether oxygens (including phenoxy) is 2. The average molecular weight is 443 g/mol. The summed E-state index contributed by atoms with van der Waals surface area (Å²) in [5.41, 5.74) is 2.43. The molecule has 1 N–H and O–H groups in total. The van der Waals surface area contributed by atoms with E-state index < -0.39 is 0 Å². The van der Waals surface area contributed by atoms with Crippen LogP contribution in [0.1, 0.15) is 18.1 Å². The lowest BCUT2D eigenvalue weighted by Gasteiger charge is -2.14. The number of methoxy groups -OCH3 is 1. The van der Waals surface area contributed by atoms with E-state index in [4.69, 9.17) is 21.7 Å². The molecule has 156 valence electrons. The predicted molar refractivity (Wildman–Crippen MR) is 124 cm³/mol. The predicted octanol–water partition coefficient (Wildman–Crippen LogP) is 4.24. The number of anilines is 1. The second-order valence-electron chi connectivity index (χ2n) is 6.51. The van der Waals surface area contributed by atoms with Crippen LogP contribution in [0.5, 0.6) is 11.5 Å². The molecular weight excluding hydrogens is 420 g/mol. The first-order valence-corrected chi connectivity index (χ1v) is 10.6. The lowest BCUT2D eigenvalue weighted by molar-refractivity contribution is -0.122. The Morgan fingerprint density at radius 2 is 1.97 bits per heavy atom. The lowest BCUT2D eigenvalue weighted by atomic mass is 10.1. The molecule has 0 radical (unpaired) electrons. The van der Waals surface area contributed by atoms with Gasteiger partial charge in [-0.3, -0.25) is 14.5 Å². The van der Waals surface area contributed by atoms with Gasteiger partial charge in [-0.1, -0.05) is 53.8 Å². The highest BCUT2D eigenvalue weighted by atomic mass is 32.2. The zero-order valence-electron chi connectivity index (χ0n) is 16.9. The van der Waals surface area contributed by atoms with E-state index in [0.29, 0.717) is 38.5 Å². The van der Waals surface area contributed by atoms with Crippen molar-refractivity contribution < 1.29 is 19.1 Å². The van der Waals surface area contributed by atoms with Gasteiger partial charge in [-0.15, -0.1) is 0 Å². The molecule has 0 atom stereocenters. The van der Waals surface area contributed by atoms with Crippen LogP contribution in [-0.2, 0) is 9.59 Å². The Hall–Kier alpha value is -2.84. The summed E-state index contributed by atoms with van der Waals surface area (Å²) in [6.45, 7) is 4.17. The van der Waals surface area contributed by atoms with Gasteiger partial charge in [0.2, 0.25) is 0 Å². The topological polar surface area (TPSA) is 67.9 Å². The van der Waals surface area contributed by atoms with Crippen molar-refractivity contribution in [2.75, 3.05) is 25.6 Å². The number of hydrogen-bond acceptors (Lipinski definition) is 6. The number of likely N-dealkylation sites (N-methyl/N-ethyl adjacent to an activating group) is 1. The van der Waals surface area contributed by atoms with Crippen molar-refractivity contribution >= 4 is 51.9 Å². The molecule has 8 heteroatoms. The second kappa shape index (κ2) is 9.77. The van der Waals surface area contributed by atoms with E-state index in [1.165, 1.54) is 18.9 Å². The van der Waals surface area contributed by atoms with Gasteiger partial charge in [-0.05, 0) is 38.1 Å². The van der Waals surface area contributed by atoms with E-state index in [0.717, 1.165) is 5.56 Å². The minimum Gasteiger partial charge on any atom is -0.493 e. The van der Waals surface area contributed by atoms with Gasteiger partial charge in [0.1, 0.15) is 4.32 Å². The van der Waals surface area contributed by atoms with E-state index >= 15 is 0 Å². The molecule has 1 aliphatic rings. The Balaban J connectivity index is 1.78. The maximum Gasteiger partial charge on any atom is 0.266 e. The maximum absolute atomic E-state index is 12.5. The Kier molecular flexibility index (Phi) is 7.12. The number of aryl methyl sites for hydroxylation is 1. The van der Waals surface area contributed by atoms with Gasteiger partial charge >= 0.3 is 0 Å². The number of nitrogens with zero attached hydrogens (tertiary/aromatic N) is 1. The highest BCUT2D eigenvalue weighted by molar-refractivity contribution is 8.26. The molecule has 1 saturated heterocycles. The third-order valence-electron chi connectivity index (χ3n) is 4.39. The third-order valence-corrected chi connectivity index (χ3v) is 5.77. The molecule has 2 aromatic carbocycles. The van der Waals surface area contributed by atoms with Crippen LogP contribution in [0.4, 0.5) is 5.69 Å². The zero-order valence-corrected chi connectivity index (χ0v) is 18.6. The molecule has 1 fully saturated rings. The van der Waals surface area contributed by atoms with Crippen LogP contribution in [0.3, 0.4) is 0 Å². The van der Waals surface area contributed by atoms with Crippen LogP contribution < -0.4 is 14.8 Å². The first kappa shape index (κ1) is 21.9. The number of benzene rings is 2. The van der Waals surface area contributed by atoms with E-state index in [1.54, 1.807) is 29.2 Å². The molecule has 0 aliphatic carbocycles. The van der Waals surface area contributed by atoms with Gasteiger partial charge in [0.05, 0.1) is 12.0 Å². The second-order valence-corrected chi connectivity index (χ2v) is 8.18. The fourth-order valence-corrected chi connectivity index (χ4v) is 4.22. The SMILES string of the molecule is CCN1C(=O)C(=Cc2cccc(OC)c2OCC(=O)Nc2ccc(C)cc2)SC1=S. The number of nitrogens with one attached hydrogen (secondary N) is 1. The summed E-state index contributed by atoms with van der Waals surface area (Å²) in [5, 5.41) is 2.79. The van der Waals surface area contributed by atoms with Crippen molar-refractivity contribution in [1.82, 2.24) is 4.90 Å². The normalized spacial score (nSPS) is 14.9. The van der Waals surface area contributed by atoms with Crippen molar-refractivity contribution in [2.45, 2.75) is 13.8 Å². The van der Waals surface area contributed by atoms with Crippen LogP contribution in [0.15, 0.2) is 47.4 Å². The first-order valence-electron chi connectivity index (χ1n) is 9.34. The lowest BCUT2D eigenvalue weighted by Crippen LogP contribution is -2.27. The standard InChI is InChI=1S/C22H22N2O4S2/c1-4-24-21(26)18(30-22(24)29)12-15-6-5-7-17(27-3)20(15)28-13-19(25)23-16-10-8-14(2)9-11-16/h5-12H,4,13H2,1-3H3,(H,23,25).